The molecule has 1 aromatic heterocycles. The molecule has 0 spiro atoms. The average Bonchev–Trinajstić information content (AvgIpc) is 2.89. The maximum atomic E-state index is 12.0. The Morgan fingerprint density at radius 2 is 1.96 bits per heavy atom. The predicted octanol–water partition coefficient (Wildman–Crippen LogP) is 4.19. The van der Waals surface area contributed by atoms with Crippen LogP contribution in [0.4, 0.5) is 0 Å². The molecule has 4 aliphatic carbocycles. The van der Waals surface area contributed by atoms with Gasteiger partial charge in [0.15, 0.2) is 0 Å². The molecule has 1 N–H and O–H groups in total. The van der Waals surface area contributed by atoms with Crippen LogP contribution in [0.25, 0.3) is 6.08 Å². The van der Waals surface area contributed by atoms with Crippen LogP contribution in [0.15, 0.2) is 11.5 Å². The van der Waals surface area contributed by atoms with E-state index in [1.807, 2.05) is 18.4 Å². The van der Waals surface area contributed by atoms with Crippen LogP contribution in [0.5, 0.6) is 0 Å². The summed E-state index contributed by atoms with van der Waals surface area (Å²) in [7, 11) is 0. The third-order valence-corrected chi connectivity index (χ3v) is 6.95. The number of nitrogens with zero attached hydrogens (tertiary/aromatic N) is 1. The van der Waals surface area contributed by atoms with E-state index in [-0.39, 0.29) is 5.91 Å². The lowest BCUT2D eigenvalue weighted by Gasteiger charge is -2.57. The second-order valence-electron chi connectivity index (χ2n) is 8.08. The summed E-state index contributed by atoms with van der Waals surface area (Å²) in [5, 5.41) is 6.10. The van der Waals surface area contributed by atoms with Crippen LogP contribution in [0.3, 0.4) is 0 Å². The number of aromatic nitrogens is 1. The van der Waals surface area contributed by atoms with Gasteiger partial charge in [-0.1, -0.05) is 0 Å². The third kappa shape index (κ3) is 3.37. The van der Waals surface area contributed by atoms with Gasteiger partial charge in [-0.15, -0.1) is 11.3 Å². The number of amides is 1. The molecule has 4 fully saturated rings. The number of rotatable bonds is 5. The normalized spacial score (nSPS) is 35.1. The molecular formula is C19H26N2OS. The van der Waals surface area contributed by atoms with Gasteiger partial charge in [0.2, 0.25) is 5.91 Å². The summed E-state index contributed by atoms with van der Waals surface area (Å²) in [6.07, 6.45) is 13.3. The summed E-state index contributed by atoms with van der Waals surface area (Å²) < 4.78 is 0. The van der Waals surface area contributed by atoms with Gasteiger partial charge >= 0.3 is 0 Å². The van der Waals surface area contributed by atoms with E-state index in [2.05, 4.69) is 10.3 Å². The summed E-state index contributed by atoms with van der Waals surface area (Å²) in [5.74, 6) is 2.99. The van der Waals surface area contributed by atoms with E-state index in [0.29, 0.717) is 5.41 Å². The minimum Gasteiger partial charge on any atom is -0.353 e. The molecule has 0 saturated heterocycles. The van der Waals surface area contributed by atoms with Gasteiger partial charge in [-0.2, -0.15) is 0 Å². The SMILES string of the molecule is Cc1nc(C=CC(=O)NCCC23CC4CC(CC(C4)C2)C3)cs1. The molecule has 1 heterocycles. The number of carbonyl (C=O) groups excluding carboxylic acids is 1. The Labute approximate surface area is 142 Å². The van der Waals surface area contributed by atoms with E-state index in [4.69, 9.17) is 0 Å². The van der Waals surface area contributed by atoms with Gasteiger partial charge in [0.25, 0.3) is 0 Å². The quantitative estimate of drug-likeness (QED) is 0.823. The molecule has 4 saturated carbocycles. The van der Waals surface area contributed by atoms with Gasteiger partial charge in [0, 0.05) is 18.0 Å². The fraction of sp³-hybridized carbons (Fsp3) is 0.684. The van der Waals surface area contributed by atoms with Crippen molar-refractivity contribution < 1.29 is 4.79 Å². The Hall–Kier alpha value is -1.16. The maximum Gasteiger partial charge on any atom is 0.244 e. The first-order chi connectivity index (χ1) is 11.1. The van der Waals surface area contributed by atoms with Gasteiger partial charge in [0.1, 0.15) is 0 Å². The highest BCUT2D eigenvalue weighted by Gasteiger charge is 2.50. The molecular weight excluding hydrogens is 304 g/mol. The standard InChI is InChI=1S/C19H26N2OS/c1-13-21-17(12-23-13)2-3-18(22)20-5-4-19-9-14-6-15(10-19)8-16(7-14)11-19/h2-3,12,14-16H,4-11H2,1H3,(H,20,22). The van der Waals surface area contributed by atoms with Crippen LogP contribution in [0, 0.1) is 30.1 Å². The predicted molar refractivity (Wildman–Crippen MR) is 94.1 cm³/mol. The number of thiazole rings is 1. The number of aryl methyl sites for hydroxylation is 1. The third-order valence-electron chi connectivity index (χ3n) is 6.16. The highest BCUT2D eigenvalue weighted by Crippen LogP contribution is 2.61. The molecule has 0 atom stereocenters. The lowest BCUT2D eigenvalue weighted by Crippen LogP contribution is -2.47. The molecule has 4 bridgehead atoms. The summed E-state index contributed by atoms with van der Waals surface area (Å²) in [6, 6.07) is 0. The second kappa shape index (κ2) is 6.04. The minimum atomic E-state index is 0.0142. The van der Waals surface area contributed by atoms with Gasteiger partial charge < -0.3 is 5.32 Å². The highest BCUT2D eigenvalue weighted by molar-refractivity contribution is 7.09. The molecule has 5 rings (SSSR count). The first-order valence-corrected chi connectivity index (χ1v) is 9.86. The largest absolute Gasteiger partial charge is 0.353 e. The molecule has 23 heavy (non-hydrogen) atoms. The van der Waals surface area contributed by atoms with Gasteiger partial charge in [0.05, 0.1) is 10.7 Å². The maximum absolute atomic E-state index is 12.0. The fourth-order valence-electron chi connectivity index (χ4n) is 5.72. The zero-order chi connectivity index (χ0) is 15.9. The average molecular weight is 330 g/mol. The van der Waals surface area contributed by atoms with E-state index in [0.717, 1.165) is 35.0 Å². The highest BCUT2D eigenvalue weighted by atomic mass is 32.1. The molecule has 0 aliphatic heterocycles. The Balaban J connectivity index is 1.27. The minimum absolute atomic E-state index is 0.0142. The molecule has 0 radical (unpaired) electrons. The molecule has 0 aromatic carbocycles. The molecule has 3 nitrogen and oxygen atoms in total. The zero-order valence-corrected chi connectivity index (χ0v) is 14.7. The van der Waals surface area contributed by atoms with E-state index < -0.39 is 0 Å². The van der Waals surface area contributed by atoms with Crippen molar-refractivity contribution in [2.24, 2.45) is 23.2 Å². The number of carbonyl (C=O) groups is 1. The van der Waals surface area contributed by atoms with Crippen LogP contribution in [-0.2, 0) is 4.79 Å². The van der Waals surface area contributed by atoms with Crippen molar-refractivity contribution in [3.8, 4) is 0 Å². The molecule has 0 unspecified atom stereocenters. The van der Waals surface area contributed by atoms with E-state index in [9.17, 15) is 4.79 Å². The summed E-state index contributed by atoms with van der Waals surface area (Å²) >= 11 is 1.61. The molecule has 1 aromatic rings. The topological polar surface area (TPSA) is 42.0 Å². The molecule has 4 aliphatic rings. The number of hydrogen-bond donors (Lipinski definition) is 1. The van der Waals surface area contributed by atoms with Crippen LogP contribution < -0.4 is 5.32 Å². The van der Waals surface area contributed by atoms with Crippen LogP contribution >= 0.6 is 11.3 Å². The lowest BCUT2D eigenvalue weighted by molar-refractivity contribution is -0.116. The number of hydrogen-bond acceptors (Lipinski definition) is 3. The van der Waals surface area contributed by atoms with Crippen molar-refractivity contribution in [1.29, 1.82) is 0 Å². The Bertz CT molecular complexity index is 583. The van der Waals surface area contributed by atoms with E-state index in [1.165, 1.54) is 44.9 Å². The second-order valence-corrected chi connectivity index (χ2v) is 9.15. The van der Waals surface area contributed by atoms with Gasteiger partial charge in [-0.05, 0) is 81.1 Å². The number of nitrogens with one attached hydrogen (secondary N) is 1. The Morgan fingerprint density at radius 1 is 1.30 bits per heavy atom. The summed E-state index contributed by atoms with van der Waals surface area (Å²) in [5.41, 5.74) is 1.43. The Morgan fingerprint density at radius 3 is 2.52 bits per heavy atom. The summed E-state index contributed by atoms with van der Waals surface area (Å²) in [6.45, 7) is 2.80. The van der Waals surface area contributed by atoms with E-state index >= 15 is 0 Å². The first-order valence-electron chi connectivity index (χ1n) is 8.98. The monoisotopic (exact) mass is 330 g/mol. The smallest absolute Gasteiger partial charge is 0.244 e. The van der Waals surface area contributed by atoms with Crippen LogP contribution in [0.1, 0.15) is 55.6 Å². The zero-order valence-electron chi connectivity index (χ0n) is 13.9. The fourth-order valence-corrected chi connectivity index (χ4v) is 6.30. The van der Waals surface area contributed by atoms with Crippen molar-refractivity contribution in [2.45, 2.75) is 51.9 Å². The Kier molecular flexibility index (Phi) is 4.04. The molecule has 124 valence electrons. The van der Waals surface area contributed by atoms with E-state index in [1.54, 1.807) is 17.4 Å². The van der Waals surface area contributed by atoms with Gasteiger partial charge in [-0.25, -0.2) is 4.98 Å². The van der Waals surface area contributed by atoms with Crippen molar-refractivity contribution in [3.63, 3.8) is 0 Å². The van der Waals surface area contributed by atoms with Gasteiger partial charge in [-0.3, -0.25) is 4.79 Å². The van der Waals surface area contributed by atoms with Crippen molar-refractivity contribution >= 4 is 23.3 Å². The summed E-state index contributed by atoms with van der Waals surface area (Å²) in [4.78, 5) is 16.3. The molecule has 1 amide bonds. The van der Waals surface area contributed by atoms with Crippen LogP contribution in [-0.4, -0.2) is 17.4 Å². The molecule has 4 heteroatoms. The van der Waals surface area contributed by atoms with Crippen molar-refractivity contribution in [2.75, 3.05) is 6.54 Å². The van der Waals surface area contributed by atoms with Crippen molar-refractivity contribution in [1.82, 2.24) is 10.3 Å². The first kappa shape index (κ1) is 15.4. The van der Waals surface area contributed by atoms with Crippen LogP contribution in [0.2, 0.25) is 0 Å². The lowest BCUT2D eigenvalue weighted by atomic mass is 9.49. The van der Waals surface area contributed by atoms with Crippen molar-refractivity contribution in [3.05, 3.63) is 22.2 Å².